The van der Waals surface area contributed by atoms with Crippen molar-refractivity contribution in [3.05, 3.63) is 0 Å². The zero-order chi connectivity index (χ0) is 4.50. The summed E-state index contributed by atoms with van der Waals surface area (Å²) in [5.74, 6) is 0. The second-order valence-corrected chi connectivity index (χ2v) is 1.34. The van der Waals surface area contributed by atoms with E-state index in [1.54, 1.807) is 0 Å². The molecule has 0 saturated carbocycles. The summed E-state index contributed by atoms with van der Waals surface area (Å²) < 4.78 is 31.6. The maximum absolute atomic E-state index is 8.74. The van der Waals surface area contributed by atoms with Crippen LogP contribution in [0.15, 0.2) is 0 Å². The summed E-state index contributed by atoms with van der Waals surface area (Å²) in [7, 11) is -4.67. The van der Waals surface area contributed by atoms with Crippen molar-refractivity contribution in [1.82, 2.24) is 0 Å². The van der Waals surface area contributed by atoms with E-state index in [1.807, 2.05) is 0 Å². The quantitative estimate of drug-likeness (QED) is 0.465. The van der Waals surface area contributed by atoms with Crippen molar-refractivity contribution in [2.45, 2.75) is 0 Å². The second-order valence-electron chi connectivity index (χ2n) is 0.448. The SMILES string of the molecule is Cl.O=S(=O)(O)O.[Ni].[Zn]. The van der Waals surface area contributed by atoms with Gasteiger partial charge in [0.1, 0.15) is 0 Å². The Kier molecular flexibility index (Phi) is 23.6. The van der Waals surface area contributed by atoms with Crippen molar-refractivity contribution in [3.8, 4) is 0 Å². The second kappa shape index (κ2) is 8.28. The molecule has 0 aliphatic rings. The summed E-state index contributed by atoms with van der Waals surface area (Å²) in [6.07, 6.45) is 0. The molecule has 0 heterocycles. The molecule has 0 aliphatic carbocycles. The molecular weight excluding hydrogens is 256 g/mol. The molecule has 4 nitrogen and oxygen atoms in total. The first-order chi connectivity index (χ1) is 2.00. The molecule has 8 heavy (non-hydrogen) atoms. The summed E-state index contributed by atoms with van der Waals surface area (Å²) in [6.45, 7) is 0. The van der Waals surface area contributed by atoms with Crippen LogP contribution in [0, 0.1) is 0 Å². The normalized spacial score (nSPS) is 7.25. The van der Waals surface area contributed by atoms with E-state index in [0.29, 0.717) is 0 Å². The Labute approximate surface area is 76.1 Å². The Morgan fingerprint density at radius 1 is 1.12 bits per heavy atom. The van der Waals surface area contributed by atoms with E-state index in [-0.39, 0.29) is 48.4 Å². The Bertz CT molecular complexity index is 99.2. The number of halogens is 1. The molecule has 0 saturated heterocycles. The van der Waals surface area contributed by atoms with Crippen LogP contribution in [0.3, 0.4) is 0 Å². The van der Waals surface area contributed by atoms with Gasteiger partial charge in [0, 0.05) is 36.0 Å². The molecule has 0 radical (unpaired) electrons. The van der Waals surface area contributed by atoms with Gasteiger partial charge in [-0.25, -0.2) is 0 Å². The van der Waals surface area contributed by atoms with Crippen molar-refractivity contribution < 1.29 is 53.5 Å². The van der Waals surface area contributed by atoms with Crippen molar-refractivity contribution >= 4 is 22.8 Å². The van der Waals surface area contributed by atoms with E-state index in [1.165, 1.54) is 0 Å². The van der Waals surface area contributed by atoms with Gasteiger partial charge < -0.3 is 0 Å². The summed E-state index contributed by atoms with van der Waals surface area (Å²) in [5, 5.41) is 0. The van der Waals surface area contributed by atoms with Gasteiger partial charge in [0.15, 0.2) is 0 Å². The van der Waals surface area contributed by atoms with Crippen LogP contribution in [-0.2, 0) is 46.4 Å². The standard InChI is InChI=1S/ClH.Ni.H2O4S.Zn/c;;1-5(2,3)4;/h1H;;(H2,1,2,3,4);. The minimum absolute atomic E-state index is 0. The largest absolute Gasteiger partial charge is 0.394 e. The molecule has 0 bridgehead atoms. The Morgan fingerprint density at radius 3 is 1.12 bits per heavy atom. The van der Waals surface area contributed by atoms with Gasteiger partial charge in [-0.05, 0) is 0 Å². The summed E-state index contributed by atoms with van der Waals surface area (Å²) in [5.41, 5.74) is 0. The van der Waals surface area contributed by atoms with Crippen molar-refractivity contribution in [2.75, 3.05) is 0 Å². The van der Waals surface area contributed by atoms with Crippen LogP contribution in [0.25, 0.3) is 0 Å². The molecular formula is H3ClNiO4SZn. The Hall–Kier alpha value is 1.28. The molecule has 0 atom stereocenters. The van der Waals surface area contributed by atoms with E-state index in [4.69, 9.17) is 17.5 Å². The van der Waals surface area contributed by atoms with Crippen LogP contribution < -0.4 is 0 Å². The number of hydrogen-bond acceptors (Lipinski definition) is 2. The first-order valence-corrected chi connectivity index (χ1v) is 2.10. The molecule has 0 spiro atoms. The Morgan fingerprint density at radius 2 is 1.12 bits per heavy atom. The van der Waals surface area contributed by atoms with Gasteiger partial charge in [0.25, 0.3) is 0 Å². The van der Waals surface area contributed by atoms with Crippen LogP contribution >= 0.6 is 12.4 Å². The first-order valence-electron chi connectivity index (χ1n) is 0.698. The molecule has 0 aliphatic heterocycles. The predicted octanol–water partition coefficient (Wildman–Crippen LogP) is -0.236. The van der Waals surface area contributed by atoms with E-state index >= 15 is 0 Å². The van der Waals surface area contributed by atoms with Crippen LogP contribution in [0.4, 0.5) is 0 Å². The van der Waals surface area contributed by atoms with Crippen LogP contribution in [-0.4, -0.2) is 17.5 Å². The summed E-state index contributed by atoms with van der Waals surface area (Å²) in [6, 6.07) is 0. The van der Waals surface area contributed by atoms with Gasteiger partial charge in [-0.15, -0.1) is 12.4 Å². The van der Waals surface area contributed by atoms with E-state index in [0.717, 1.165) is 0 Å². The van der Waals surface area contributed by atoms with E-state index in [9.17, 15) is 0 Å². The van der Waals surface area contributed by atoms with Gasteiger partial charge in [-0.2, -0.15) is 8.42 Å². The molecule has 52 valence electrons. The van der Waals surface area contributed by atoms with Crippen LogP contribution in [0.1, 0.15) is 0 Å². The fourth-order valence-electron chi connectivity index (χ4n) is 0. The predicted molar refractivity (Wildman–Crippen MR) is 21.4 cm³/mol. The van der Waals surface area contributed by atoms with Gasteiger partial charge in [0.2, 0.25) is 0 Å². The monoisotopic (exact) mass is 256 g/mol. The fourth-order valence-corrected chi connectivity index (χ4v) is 0. The molecule has 0 aromatic rings. The van der Waals surface area contributed by atoms with Crippen molar-refractivity contribution in [1.29, 1.82) is 0 Å². The maximum atomic E-state index is 8.74. The average Bonchev–Trinajstić information content (AvgIpc) is 0.722. The molecule has 0 unspecified atom stereocenters. The third kappa shape index (κ3) is 176. The van der Waals surface area contributed by atoms with E-state index < -0.39 is 10.4 Å². The van der Waals surface area contributed by atoms with Gasteiger partial charge in [-0.1, -0.05) is 0 Å². The molecule has 2 N–H and O–H groups in total. The minimum Gasteiger partial charge on any atom is -0.264 e. The summed E-state index contributed by atoms with van der Waals surface area (Å²) >= 11 is 0. The molecule has 0 amide bonds. The number of rotatable bonds is 0. The minimum atomic E-state index is -4.67. The fraction of sp³-hybridized carbons (Fsp3) is 0. The zero-order valence-corrected chi connectivity index (χ0v) is 9.14. The number of hydrogen-bond donors (Lipinski definition) is 2. The summed E-state index contributed by atoms with van der Waals surface area (Å²) in [4.78, 5) is 0. The van der Waals surface area contributed by atoms with Gasteiger partial charge in [-0.3, -0.25) is 9.11 Å². The Balaban J connectivity index is -0.0000000267. The molecule has 0 aromatic carbocycles. The van der Waals surface area contributed by atoms with Crippen LogP contribution in [0.5, 0.6) is 0 Å². The molecule has 0 rings (SSSR count). The van der Waals surface area contributed by atoms with Crippen LogP contribution in [0.2, 0.25) is 0 Å². The van der Waals surface area contributed by atoms with Crippen molar-refractivity contribution in [3.63, 3.8) is 0 Å². The average molecular weight is 259 g/mol. The molecule has 0 fully saturated rings. The van der Waals surface area contributed by atoms with Gasteiger partial charge in [0.05, 0.1) is 0 Å². The third-order valence-electron chi connectivity index (χ3n) is 0. The first kappa shape index (κ1) is 22.8. The molecule has 8 heteroatoms. The topological polar surface area (TPSA) is 74.6 Å². The van der Waals surface area contributed by atoms with E-state index in [2.05, 4.69) is 0 Å². The zero-order valence-electron chi connectivity index (χ0n) is 3.55. The van der Waals surface area contributed by atoms with Gasteiger partial charge >= 0.3 is 10.4 Å². The molecule has 0 aromatic heterocycles. The smallest absolute Gasteiger partial charge is 0.264 e. The maximum Gasteiger partial charge on any atom is 0.394 e. The van der Waals surface area contributed by atoms with Crippen molar-refractivity contribution in [2.24, 2.45) is 0 Å². The third-order valence-corrected chi connectivity index (χ3v) is 0.